The van der Waals surface area contributed by atoms with E-state index in [0.29, 0.717) is 43.2 Å². The molecule has 2 aliphatic heterocycles. The molecule has 1 aromatic carbocycles. The number of ether oxygens (including phenoxy) is 2. The number of likely N-dealkylation sites (tertiary alicyclic amines) is 1. The van der Waals surface area contributed by atoms with Crippen molar-refractivity contribution in [3.63, 3.8) is 0 Å². The van der Waals surface area contributed by atoms with Gasteiger partial charge >= 0.3 is 0 Å². The molecule has 4 rings (SSSR count). The van der Waals surface area contributed by atoms with Crippen LogP contribution in [0.15, 0.2) is 29.2 Å². The van der Waals surface area contributed by atoms with Crippen LogP contribution in [0.3, 0.4) is 0 Å². The second kappa shape index (κ2) is 13.2. The molecule has 1 fully saturated rings. The summed E-state index contributed by atoms with van der Waals surface area (Å²) in [6.07, 6.45) is 2.44. The van der Waals surface area contributed by atoms with E-state index >= 15 is 0 Å². The van der Waals surface area contributed by atoms with Crippen molar-refractivity contribution < 1.29 is 32.3 Å². The number of sulfonamides is 1. The second-order valence-corrected chi connectivity index (χ2v) is 12.8. The Bertz CT molecular complexity index is 1330. The highest BCUT2D eigenvalue weighted by Crippen LogP contribution is 2.38. The Morgan fingerprint density at radius 1 is 0.975 bits per heavy atom. The van der Waals surface area contributed by atoms with Gasteiger partial charge in [0, 0.05) is 64.3 Å². The van der Waals surface area contributed by atoms with Gasteiger partial charge in [-0.05, 0) is 49.1 Å². The highest BCUT2D eigenvalue weighted by atomic mass is 32.2. The average molecular weight is 593 g/mol. The Labute approximate surface area is 239 Å². The Hall–Kier alpha value is -2.84. The van der Waals surface area contributed by atoms with Crippen molar-refractivity contribution in [3.8, 4) is 0 Å². The smallest absolute Gasteiger partial charge is 0.257 e. The molecule has 1 saturated heterocycles. The minimum Gasteiger partial charge on any atom is -0.383 e. The molecule has 0 aliphatic carbocycles. The molecule has 1 N–H and O–H groups in total. The van der Waals surface area contributed by atoms with Gasteiger partial charge in [-0.2, -0.15) is 4.31 Å². The van der Waals surface area contributed by atoms with E-state index in [0.717, 1.165) is 23.3 Å². The van der Waals surface area contributed by atoms with Gasteiger partial charge in [0.15, 0.2) is 0 Å². The van der Waals surface area contributed by atoms with Crippen LogP contribution in [-0.4, -0.2) is 100 Å². The summed E-state index contributed by atoms with van der Waals surface area (Å²) in [7, 11) is -0.823. The van der Waals surface area contributed by atoms with Gasteiger partial charge in [-0.1, -0.05) is 0 Å². The first-order valence-electron chi connectivity index (χ1n) is 13.3. The third-order valence-corrected chi connectivity index (χ3v) is 10.2. The molecule has 3 amide bonds. The van der Waals surface area contributed by atoms with Crippen molar-refractivity contribution >= 4 is 44.1 Å². The van der Waals surface area contributed by atoms with Gasteiger partial charge in [0.2, 0.25) is 15.9 Å². The van der Waals surface area contributed by atoms with Crippen LogP contribution in [0, 0.1) is 0 Å². The molecule has 0 saturated carbocycles. The summed E-state index contributed by atoms with van der Waals surface area (Å²) in [4.78, 5) is 43.3. The van der Waals surface area contributed by atoms with Gasteiger partial charge in [-0.3, -0.25) is 14.4 Å². The molecule has 218 valence electrons. The lowest BCUT2D eigenvalue weighted by Crippen LogP contribution is -2.36. The maximum absolute atomic E-state index is 13.5. The minimum atomic E-state index is -3.83. The third kappa shape index (κ3) is 6.55. The predicted octanol–water partition coefficient (Wildman–Crippen LogP) is 2.42. The van der Waals surface area contributed by atoms with E-state index < -0.39 is 15.9 Å². The van der Waals surface area contributed by atoms with Crippen LogP contribution in [0.5, 0.6) is 0 Å². The van der Waals surface area contributed by atoms with E-state index in [9.17, 15) is 22.8 Å². The normalized spacial score (nSPS) is 15.4. The van der Waals surface area contributed by atoms with Gasteiger partial charge in [0.05, 0.1) is 30.2 Å². The average Bonchev–Trinajstić information content (AvgIpc) is 3.60. The van der Waals surface area contributed by atoms with Crippen LogP contribution in [0.1, 0.15) is 50.9 Å². The molecule has 0 radical (unpaired) electrons. The highest BCUT2D eigenvalue weighted by Gasteiger charge is 2.33. The first kappa shape index (κ1) is 30.1. The molecule has 0 unspecified atom stereocenters. The monoisotopic (exact) mass is 592 g/mol. The number of nitrogens with one attached hydrogen (secondary N) is 1. The Kier molecular flexibility index (Phi) is 9.95. The van der Waals surface area contributed by atoms with Crippen molar-refractivity contribution in [3.05, 3.63) is 45.8 Å². The first-order valence-corrected chi connectivity index (χ1v) is 15.5. The molecule has 13 heteroatoms. The fraction of sp³-hybridized carbons (Fsp3) is 0.519. The van der Waals surface area contributed by atoms with Crippen LogP contribution in [0.25, 0.3) is 0 Å². The maximum atomic E-state index is 13.5. The molecule has 0 bridgehead atoms. The van der Waals surface area contributed by atoms with E-state index in [1.165, 1.54) is 61.1 Å². The SMILES string of the molecule is COCCN(CCOC)S(=O)(=O)c1ccc(C(=O)Nc2sc3c(c2C(=O)N2CCCC2)CCN(C(C)=O)C3)cc1. The second-order valence-electron chi connectivity index (χ2n) is 9.77. The summed E-state index contributed by atoms with van der Waals surface area (Å²) in [6.45, 7) is 4.61. The maximum Gasteiger partial charge on any atom is 0.257 e. The van der Waals surface area contributed by atoms with Gasteiger partial charge in [-0.15, -0.1) is 11.3 Å². The van der Waals surface area contributed by atoms with Crippen molar-refractivity contribution in [2.75, 3.05) is 65.5 Å². The number of nitrogens with zero attached hydrogens (tertiary/aromatic N) is 3. The topological polar surface area (TPSA) is 126 Å². The molecular formula is C27H36N4O7S2. The summed E-state index contributed by atoms with van der Waals surface area (Å²) in [5.74, 6) is -0.581. The number of benzene rings is 1. The number of fused-ring (bicyclic) bond motifs is 1. The van der Waals surface area contributed by atoms with Crippen molar-refractivity contribution in [1.82, 2.24) is 14.1 Å². The zero-order valence-electron chi connectivity index (χ0n) is 23.1. The Morgan fingerprint density at radius 3 is 2.17 bits per heavy atom. The number of hydrogen-bond donors (Lipinski definition) is 1. The molecule has 2 aliphatic rings. The summed E-state index contributed by atoms with van der Waals surface area (Å²) in [6, 6.07) is 5.72. The molecule has 40 heavy (non-hydrogen) atoms. The van der Waals surface area contributed by atoms with E-state index in [4.69, 9.17) is 9.47 Å². The fourth-order valence-corrected chi connectivity index (χ4v) is 7.56. The summed E-state index contributed by atoms with van der Waals surface area (Å²) < 4.78 is 37.8. The van der Waals surface area contributed by atoms with E-state index in [-0.39, 0.29) is 48.6 Å². The lowest BCUT2D eigenvalue weighted by atomic mass is 10.0. The van der Waals surface area contributed by atoms with Gasteiger partial charge in [-0.25, -0.2) is 8.42 Å². The summed E-state index contributed by atoms with van der Waals surface area (Å²) in [5.41, 5.74) is 1.66. The minimum absolute atomic E-state index is 0.0323. The van der Waals surface area contributed by atoms with Crippen molar-refractivity contribution in [2.24, 2.45) is 0 Å². The van der Waals surface area contributed by atoms with Crippen LogP contribution in [0.4, 0.5) is 5.00 Å². The molecule has 2 aromatic rings. The van der Waals surface area contributed by atoms with Crippen LogP contribution >= 0.6 is 11.3 Å². The number of methoxy groups -OCH3 is 2. The lowest BCUT2D eigenvalue weighted by Gasteiger charge is -2.26. The quantitative estimate of drug-likeness (QED) is 0.425. The number of thiophene rings is 1. The standard InChI is InChI=1S/C27H36N4O7S2/c1-19(32)30-13-10-22-23(18-30)39-26(24(22)27(34)29-11-4-5-12-29)28-25(33)20-6-8-21(9-7-20)40(35,36)31(14-16-37-2)15-17-38-3/h6-9H,4-5,10-18H2,1-3H3,(H,28,33). The largest absolute Gasteiger partial charge is 0.383 e. The molecular weight excluding hydrogens is 556 g/mol. The van der Waals surface area contributed by atoms with Crippen LogP contribution in [0.2, 0.25) is 0 Å². The molecule has 11 nitrogen and oxygen atoms in total. The summed E-state index contributed by atoms with van der Waals surface area (Å²) in [5, 5.41) is 3.36. The number of carbonyl (C=O) groups is 3. The number of rotatable bonds is 11. The number of amides is 3. The number of anilines is 1. The molecule has 0 atom stereocenters. The van der Waals surface area contributed by atoms with Gasteiger partial charge in [0.25, 0.3) is 11.8 Å². The van der Waals surface area contributed by atoms with E-state index in [1.54, 1.807) is 4.90 Å². The van der Waals surface area contributed by atoms with Gasteiger partial charge in [0.1, 0.15) is 5.00 Å². The molecule has 0 spiro atoms. The van der Waals surface area contributed by atoms with E-state index in [2.05, 4.69) is 5.32 Å². The molecule has 1 aromatic heterocycles. The molecule has 3 heterocycles. The van der Waals surface area contributed by atoms with Crippen molar-refractivity contribution in [2.45, 2.75) is 37.6 Å². The lowest BCUT2D eigenvalue weighted by molar-refractivity contribution is -0.129. The number of hydrogen-bond acceptors (Lipinski definition) is 8. The van der Waals surface area contributed by atoms with E-state index in [1.807, 2.05) is 4.90 Å². The zero-order chi connectivity index (χ0) is 28.9. The van der Waals surface area contributed by atoms with Crippen LogP contribution in [-0.2, 0) is 37.3 Å². The Morgan fingerprint density at radius 2 is 1.60 bits per heavy atom. The van der Waals surface area contributed by atoms with Crippen LogP contribution < -0.4 is 5.32 Å². The predicted molar refractivity (Wildman–Crippen MR) is 151 cm³/mol. The summed E-state index contributed by atoms with van der Waals surface area (Å²) >= 11 is 1.32. The first-order chi connectivity index (χ1) is 19.2. The van der Waals surface area contributed by atoms with Crippen molar-refractivity contribution in [1.29, 1.82) is 0 Å². The highest BCUT2D eigenvalue weighted by molar-refractivity contribution is 7.89. The number of carbonyl (C=O) groups excluding carboxylic acids is 3. The fourth-order valence-electron chi connectivity index (χ4n) is 4.91. The Balaban J connectivity index is 1.57. The third-order valence-electron chi connectivity index (χ3n) is 7.18. The zero-order valence-corrected chi connectivity index (χ0v) is 24.7. The van der Waals surface area contributed by atoms with Gasteiger partial charge < -0.3 is 24.6 Å².